The Bertz CT molecular complexity index is 738. The van der Waals surface area contributed by atoms with E-state index in [0.29, 0.717) is 17.4 Å². The number of rotatable bonds is 28. The highest BCUT2D eigenvalue weighted by molar-refractivity contribution is 7.47. The van der Waals surface area contributed by atoms with Gasteiger partial charge in [-0.1, -0.05) is 109 Å². The van der Waals surface area contributed by atoms with Crippen LogP contribution in [0.25, 0.3) is 0 Å². The normalized spacial score (nSPS) is 15.4. The molecule has 0 aliphatic carbocycles. The molecular weight excluding hydrogens is 539 g/mol. The number of carbonyl (C=O) groups excluding carboxylic acids is 1. The number of allylic oxidation sites excluding steroid dienone is 3. The van der Waals surface area contributed by atoms with Crippen LogP contribution in [0.2, 0.25) is 0 Å². The zero-order valence-electron chi connectivity index (χ0n) is 27.0. The van der Waals surface area contributed by atoms with Gasteiger partial charge in [-0.15, -0.1) is 0 Å². The number of nitrogens with zero attached hydrogens (tertiary/aromatic N) is 1. The highest BCUT2D eigenvalue weighted by atomic mass is 31.2. The van der Waals surface area contributed by atoms with E-state index < -0.39 is 20.0 Å². The van der Waals surface area contributed by atoms with Crippen LogP contribution < -0.4 is 5.32 Å². The molecule has 0 aromatic carbocycles. The highest BCUT2D eigenvalue weighted by Gasteiger charge is 2.27. The predicted octanol–water partition coefficient (Wildman–Crippen LogP) is 7.46. The highest BCUT2D eigenvalue weighted by Crippen LogP contribution is 2.43. The quantitative estimate of drug-likeness (QED) is 0.0371. The number of carbonyl (C=O) groups is 1. The maximum absolute atomic E-state index is 12.5. The molecule has 3 unspecified atom stereocenters. The van der Waals surface area contributed by atoms with E-state index in [1.807, 2.05) is 27.2 Å². The van der Waals surface area contributed by atoms with E-state index in [2.05, 4.69) is 31.3 Å². The van der Waals surface area contributed by atoms with Crippen molar-refractivity contribution in [3.63, 3.8) is 0 Å². The van der Waals surface area contributed by atoms with Gasteiger partial charge in [0.1, 0.15) is 13.2 Å². The molecule has 0 fully saturated rings. The first kappa shape index (κ1) is 40.0. The third-order valence-corrected chi connectivity index (χ3v) is 7.91. The van der Waals surface area contributed by atoms with E-state index in [0.717, 1.165) is 44.9 Å². The van der Waals surface area contributed by atoms with Gasteiger partial charge in [0.05, 0.1) is 39.9 Å². The maximum atomic E-state index is 12.5. The molecule has 0 saturated carbocycles. The summed E-state index contributed by atoms with van der Waals surface area (Å²) in [5.74, 6) is -0.208. The summed E-state index contributed by atoms with van der Waals surface area (Å²) in [6.45, 7) is 4.62. The van der Waals surface area contributed by atoms with Crippen molar-refractivity contribution in [2.75, 3.05) is 40.9 Å². The third-order valence-electron chi connectivity index (χ3n) is 6.92. The van der Waals surface area contributed by atoms with Crippen molar-refractivity contribution in [3.05, 3.63) is 24.3 Å². The first-order chi connectivity index (χ1) is 19.5. The van der Waals surface area contributed by atoms with Crippen molar-refractivity contribution >= 4 is 13.7 Å². The zero-order valence-corrected chi connectivity index (χ0v) is 27.9. The van der Waals surface area contributed by atoms with Crippen LogP contribution in [0.3, 0.4) is 0 Å². The molecule has 3 atom stereocenters. The lowest BCUT2D eigenvalue weighted by atomic mass is 10.1. The van der Waals surface area contributed by atoms with Crippen LogP contribution in [-0.2, 0) is 18.4 Å². The number of phosphoric acid groups is 1. The molecule has 0 aliphatic rings. The summed E-state index contributed by atoms with van der Waals surface area (Å²) in [4.78, 5) is 22.5. The van der Waals surface area contributed by atoms with Crippen LogP contribution >= 0.6 is 7.82 Å². The SMILES string of the molecule is CCCCCCCCCCC/C=C/CC/C=C/C(O)C(COP(=O)(O)OCC[N+](C)(C)C)NC(=O)CCCCCC. The Labute approximate surface area is 252 Å². The van der Waals surface area contributed by atoms with Crippen LogP contribution in [0.5, 0.6) is 0 Å². The summed E-state index contributed by atoms with van der Waals surface area (Å²) >= 11 is 0. The molecule has 41 heavy (non-hydrogen) atoms. The third kappa shape index (κ3) is 27.6. The molecule has 9 heteroatoms. The molecule has 8 nitrogen and oxygen atoms in total. The van der Waals surface area contributed by atoms with Gasteiger partial charge in [-0.05, 0) is 32.1 Å². The van der Waals surface area contributed by atoms with Gasteiger partial charge >= 0.3 is 7.82 Å². The van der Waals surface area contributed by atoms with Gasteiger partial charge < -0.3 is 19.8 Å². The lowest BCUT2D eigenvalue weighted by Crippen LogP contribution is -2.45. The van der Waals surface area contributed by atoms with E-state index in [4.69, 9.17) is 9.05 Å². The van der Waals surface area contributed by atoms with Crippen LogP contribution in [0.15, 0.2) is 24.3 Å². The average molecular weight is 604 g/mol. The summed E-state index contributed by atoms with van der Waals surface area (Å²) in [7, 11) is 1.55. The Balaban J connectivity index is 4.53. The lowest BCUT2D eigenvalue weighted by molar-refractivity contribution is -0.870. The number of unbranched alkanes of at least 4 members (excludes halogenated alkanes) is 13. The van der Waals surface area contributed by atoms with Gasteiger partial charge in [0.2, 0.25) is 5.91 Å². The van der Waals surface area contributed by atoms with Crippen molar-refractivity contribution in [2.24, 2.45) is 0 Å². The number of nitrogens with one attached hydrogen (secondary N) is 1. The van der Waals surface area contributed by atoms with Gasteiger partial charge in [0.15, 0.2) is 0 Å². The Kier molecular flexibility index (Phi) is 24.8. The van der Waals surface area contributed by atoms with Crippen molar-refractivity contribution in [2.45, 2.75) is 135 Å². The van der Waals surface area contributed by atoms with Gasteiger partial charge in [0, 0.05) is 6.42 Å². The first-order valence-electron chi connectivity index (χ1n) is 16.2. The number of likely N-dealkylation sites (N-methyl/N-ethyl adjacent to an activating group) is 1. The largest absolute Gasteiger partial charge is 0.472 e. The Morgan fingerprint density at radius 1 is 0.805 bits per heavy atom. The van der Waals surface area contributed by atoms with Gasteiger partial charge in [-0.3, -0.25) is 13.8 Å². The molecule has 0 aliphatic heterocycles. The first-order valence-corrected chi connectivity index (χ1v) is 17.7. The molecule has 0 aromatic rings. The number of quaternary nitrogens is 1. The fourth-order valence-electron chi connectivity index (χ4n) is 4.23. The smallest absolute Gasteiger partial charge is 0.387 e. The maximum Gasteiger partial charge on any atom is 0.472 e. The standard InChI is InChI=1S/C32H63N2O6P/c1-6-8-10-12-13-14-15-16-17-18-19-20-21-22-23-25-31(35)30(33-32(36)26-24-11-9-7-2)29-40-41(37,38)39-28-27-34(3,4)5/h19-20,23,25,30-31,35H,6-18,21-22,24,26-29H2,1-5H3,(H-,33,36,37,38)/p+1/b20-19+,25-23+. The molecule has 0 bridgehead atoms. The van der Waals surface area contributed by atoms with Gasteiger partial charge in [-0.25, -0.2) is 4.57 Å². The fourth-order valence-corrected chi connectivity index (χ4v) is 4.97. The summed E-state index contributed by atoms with van der Waals surface area (Å²) in [6.07, 6.45) is 25.8. The number of aliphatic hydroxyl groups is 1. The average Bonchev–Trinajstić information content (AvgIpc) is 2.90. The number of phosphoric ester groups is 1. The zero-order chi connectivity index (χ0) is 30.8. The second-order valence-corrected chi connectivity index (χ2v) is 13.6. The lowest BCUT2D eigenvalue weighted by Gasteiger charge is -2.25. The van der Waals surface area contributed by atoms with Crippen molar-refractivity contribution < 1.29 is 32.9 Å². The predicted molar refractivity (Wildman–Crippen MR) is 171 cm³/mol. The van der Waals surface area contributed by atoms with E-state index in [-0.39, 0.29) is 19.1 Å². The monoisotopic (exact) mass is 603 g/mol. The van der Waals surface area contributed by atoms with Crippen LogP contribution in [0.1, 0.15) is 123 Å². The molecule has 1 amide bonds. The topological polar surface area (TPSA) is 105 Å². The van der Waals surface area contributed by atoms with Crippen molar-refractivity contribution in [1.29, 1.82) is 0 Å². The van der Waals surface area contributed by atoms with E-state index in [1.165, 1.54) is 57.8 Å². The minimum Gasteiger partial charge on any atom is -0.387 e. The molecule has 0 rings (SSSR count). The van der Waals surface area contributed by atoms with Crippen LogP contribution in [0.4, 0.5) is 0 Å². The summed E-state index contributed by atoms with van der Waals surface area (Å²) in [5, 5.41) is 13.5. The second kappa shape index (κ2) is 25.5. The number of amides is 1. The Morgan fingerprint density at radius 3 is 1.95 bits per heavy atom. The van der Waals surface area contributed by atoms with Crippen molar-refractivity contribution in [1.82, 2.24) is 5.32 Å². The molecule has 242 valence electrons. The number of aliphatic hydroxyl groups excluding tert-OH is 1. The molecular formula is C32H64N2O6P+. The molecule has 0 radical (unpaired) electrons. The van der Waals surface area contributed by atoms with Crippen LogP contribution in [-0.4, -0.2) is 73.4 Å². The second-order valence-electron chi connectivity index (χ2n) is 12.2. The van der Waals surface area contributed by atoms with Gasteiger partial charge in [-0.2, -0.15) is 0 Å². The number of hydrogen-bond acceptors (Lipinski definition) is 5. The molecule has 0 aromatic heterocycles. The van der Waals surface area contributed by atoms with E-state index >= 15 is 0 Å². The summed E-state index contributed by atoms with van der Waals surface area (Å²) in [6, 6.07) is -0.852. The fraction of sp³-hybridized carbons (Fsp3) is 0.844. The minimum atomic E-state index is -4.31. The van der Waals surface area contributed by atoms with E-state index in [1.54, 1.807) is 6.08 Å². The molecule has 0 spiro atoms. The van der Waals surface area contributed by atoms with Crippen molar-refractivity contribution in [3.8, 4) is 0 Å². The van der Waals surface area contributed by atoms with E-state index in [9.17, 15) is 19.4 Å². The Morgan fingerprint density at radius 2 is 1.34 bits per heavy atom. The summed E-state index contributed by atoms with van der Waals surface area (Å²) in [5.41, 5.74) is 0. The minimum absolute atomic E-state index is 0.0564. The molecule has 0 saturated heterocycles. The molecule has 3 N–H and O–H groups in total. The molecule has 0 heterocycles. The van der Waals surface area contributed by atoms with Crippen LogP contribution in [0, 0.1) is 0 Å². The van der Waals surface area contributed by atoms with Gasteiger partial charge in [0.25, 0.3) is 0 Å². The summed E-state index contributed by atoms with van der Waals surface area (Å²) < 4.78 is 23.2. The number of hydrogen-bond donors (Lipinski definition) is 3. The Hall–Kier alpha value is -1.02.